The number of carbonyl (C=O) groups is 1. The number of carboxylic acids is 1. The Morgan fingerprint density at radius 1 is 0.960 bits per heavy atom. The van der Waals surface area contributed by atoms with Gasteiger partial charge in [-0.15, -0.1) is 0 Å². The van der Waals surface area contributed by atoms with Gasteiger partial charge in [-0.05, 0) is 46.5 Å². The lowest BCUT2D eigenvalue weighted by atomic mass is 9.97. The largest absolute Gasteiger partial charge is 0.489 e. The van der Waals surface area contributed by atoms with Crippen LogP contribution < -0.4 is 4.74 Å². The van der Waals surface area contributed by atoms with E-state index >= 15 is 0 Å². The number of aliphatic carboxylic acids is 1. The van der Waals surface area contributed by atoms with Gasteiger partial charge in [-0.25, -0.2) is 4.39 Å². The number of rotatable bonds is 6. The van der Waals surface area contributed by atoms with Crippen molar-refractivity contribution in [3.05, 3.63) is 89.7 Å². The molecule has 3 nitrogen and oxygen atoms in total. The molecule has 0 aromatic heterocycles. The van der Waals surface area contributed by atoms with E-state index in [1.54, 1.807) is 6.07 Å². The van der Waals surface area contributed by atoms with Crippen molar-refractivity contribution in [1.82, 2.24) is 0 Å². The van der Waals surface area contributed by atoms with E-state index in [1.165, 1.54) is 18.2 Å². The van der Waals surface area contributed by atoms with Gasteiger partial charge in [-0.1, -0.05) is 48.5 Å². The third-order valence-electron chi connectivity index (χ3n) is 3.81. The number of halogens is 1. The highest BCUT2D eigenvalue weighted by atomic mass is 19.1. The highest BCUT2D eigenvalue weighted by Crippen LogP contribution is 2.28. The molecule has 0 aliphatic rings. The summed E-state index contributed by atoms with van der Waals surface area (Å²) in [4.78, 5) is 11.0. The maximum atomic E-state index is 13.7. The average molecular weight is 336 g/mol. The van der Waals surface area contributed by atoms with Crippen LogP contribution in [0.1, 0.15) is 11.1 Å². The first-order valence-electron chi connectivity index (χ1n) is 7.89. The van der Waals surface area contributed by atoms with Gasteiger partial charge >= 0.3 is 5.97 Å². The smallest absolute Gasteiger partial charge is 0.307 e. The van der Waals surface area contributed by atoms with Gasteiger partial charge in [0.1, 0.15) is 18.2 Å². The number of benzene rings is 3. The van der Waals surface area contributed by atoms with Gasteiger partial charge in [0.2, 0.25) is 0 Å². The monoisotopic (exact) mass is 336 g/mol. The summed E-state index contributed by atoms with van der Waals surface area (Å²) in [7, 11) is 0. The Balaban J connectivity index is 1.86. The van der Waals surface area contributed by atoms with Crippen LogP contribution in [0.15, 0.2) is 72.8 Å². The van der Waals surface area contributed by atoms with Crippen LogP contribution in [0.2, 0.25) is 0 Å². The lowest BCUT2D eigenvalue weighted by Gasteiger charge is -2.11. The molecule has 1 N–H and O–H groups in total. The van der Waals surface area contributed by atoms with Gasteiger partial charge in [0.05, 0.1) is 6.42 Å². The van der Waals surface area contributed by atoms with Crippen LogP contribution in [0, 0.1) is 5.82 Å². The van der Waals surface area contributed by atoms with E-state index in [9.17, 15) is 9.18 Å². The zero-order chi connectivity index (χ0) is 17.6. The Morgan fingerprint density at radius 2 is 1.76 bits per heavy atom. The van der Waals surface area contributed by atoms with E-state index in [0.717, 1.165) is 11.1 Å². The molecule has 0 heterocycles. The highest BCUT2D eigenvalue weighted by molar-refractivity contribution is 5.77. The van der Waals surface area contributed by atoms with Crippen LogP contribution in [0.25, 0.3) is 11.1 Å². The molecule has 0 spiro atoms. The van der Waals surface area contributed by atoms with Crippen molar-refractivity contribution in [2.24, 2.45) is 0 Å². The van der Waals surface area contributed by atoms with Crippen LogP contribution in [0.3, 0.4) is 0 Å². The molecule has 0 unspecified atom stereocenters. The molecule has 3 aromatic rings. The highest BCUT2D eigenvalue weighted by Gasteiger charge is 2.11. The first-order chi connectivity index (χ1) is 12.1. The summed E-state index contributed by atoms with van der Waals surface area (Å²) in [6.45, 7) is 0.426. The predicted molar refractivity (Wildman–Crippen MR) is 93.9 cm³/mol. The standard InChI is InChI=1S/C21H17FO3/c22-18-10-9-17(12-21(23)24)20(13-18)16-7-4-8-19(11-16)25-14-15-5-2-1-3-6-15/h1-11,13H,12,14H2,(H,23,24). The zero-order valence-electron chi connectivity index (χ0n) is 13.5. The maximum Gasteiger partial charge on any atom is 0.307 e. The van der Waals surface area contributed by atoms with E-state index in [2.05, 4.69) is 0 Å². The number of hydrogen-bond donors (Lipinski definition) is 1. The van der Waals surface area contributed by atoms with Gasteiger partial charge in [0, 0.05) is 0 Å². The number of carboxylic acid groups (broad SMARTS) is 1. The Morgan fingerprint density at radius 3 is 2.52 bits per heavy atom. The minimum absolute atomic E-state index is 0.162. The second-order valence-corrected chi connectivity index (χ2v) is 5.67. The first-order valence-corrected chi connectivity index (χ1v) is 7.89. The van der Waals surface area contributed by atoms with E-state index < -0.39 is 11.8 Å². The fraction of sp³-hybridized carbons (Fsp3) is 0.0952. The molecule has 4 heteroatoms. The van der Waals surface area contributed by atoms with E-state index in [-0.39, 0.29) is 6.42 Å². The van der Waals surface area contributed by atoms with Crippen LogP contribution in [0.5, 0.6) is 5.75 Å². The van der Waals surface area contributed by atoms with Gasteiger partial charge in [-0.2, -0.15) is 0 Å². The average Bonchev–Trinajstić information content (AvgIpc) is 2.62. The molecule has 0 fully saturated rings. The molecule has 0 atom stereocenters. The van der Waals surface area contributed by atoms with Crippen molar-refractivity contribution in [1.29, 1.82) is 0 Å². The fourth-order valence-corrected chi connectivity index (χ4v) is 2.63. The lowest BCUT2D eigenvalue weighted by molar-refractivity contribution is -0.136. The Hall–Kier alpha value is -3.14. The van der Waals surface area contributed by atoms with Crippen molar-refractivity contribution in [2.45, 2.75) is 13.0 Å². The topological polar surface area (TPSA) is 46.5 Å². The van der Waals surface area contributed by atoms with E-state index in [0.29, 0.717) is 23.5 Å². The Kier molecular flexibility index (Phi) is 5.09. The first kappa shape index (κ1) is 16.7. The number of hydrogen-bond acceptors (Lipinski definition) is 2. The SMILES string of the molecule is O=C(O)Cc1ccc(F)cc1-c1cccc(OCc2ccccc2)c1. The molecule has 0 saturated carbocycles. The molecule has 0 radical (unpaired) electrons. The molecule has 0 aliphatic carbocycles. The van der Waals surface area contributed by atoms with Crippen molar-refractivity contribution >= 4 is 5.97 Å². The van der Waals surface area contributed by atoms with Crippen LogP contribution in [-0.4, -0.2) is 11.1 Å². The molecule has 0 amide bonds. The molecule has 0 bridgehead atoms. The summed E-state index contributed by atoms with van der Waals surface area (Å²) < 4.78 is 19.5. The molecule has 0 saturated heterocycles. The minimum atomic E-state index is -0.954. The second kappa shape index (κ2) is 7.62. The van der Waals surface area contributed by atoms with Crippen molar-refractivity contribution in [3.63, 3.8) is 0 Å². The van der Waals surface area contributed by atoms with Crippen LogP contribution in [0.4, 0.5) is 4.39 Å². The normalized spacial score (nSPS) is 10.4. The second-order valence-electron chi connectivity index (χ2n) is 5.67. The summed E-state index contributed by atoms with van der Waals surface area (Å²) in [5.74, 6) is -0.712. The summed E-state index contributed by atoms with van der Waals surface area (Å²) in [5.41, 5.74) is 2.90. The molecule has 126 valence electrons. The predicted octanol–water partition coefficient (Wildman–Crippen LogP) is 4.70. The van der Waals surface area contributed by atoms with Gasteiger partial charge in [0.15, 0.2) is 0 Å². The van der Waals surface area contributed by atoms with Crippen LogP contribution >= 0.6 is 0 Å². The maximum absolute atomic E-state index is 13.7. The summed E-state index contributed by atoms with van der Waals surface area (Å²) in [5, 5.41) is 9.05. The van der Waals surface area contributed by atoms with Crippen molar-refractivity contribution in [3.8, 4) is 16.9 Å². The number of ether oxygens (including phenoxy) is 1. The third kappa shape index (κ3) is 4.44. The summed E-state index contributed by atoms with van der Waals surface area (Å²) in [6.07, 6.45) is -0.162. The molecular formula is C21H17FO3. The van der Waals surface area contributed by atoms with Crippen LogP contribution in [-0.2, 0) is 17.8 Å². The van der Waals surface area contributed by atoms with Gasteiger partial charge in [0.25, 0.3) is 0 Å². The molecule has 3 aromatic carbocycles. The summed E-state index contributed by atoms with van der Waals surface area (Å²) >= 11 is 0. The van der Waals surface area contributed by atoms with E-state index in [4.69, 9.17) is 9.84 Å². The van der Waals surface area contributed by atoms with Gasteiger partial charge < -0.3 is 9.84 Å². The molecule has 25 heavy (non-hydrogen) atoms. The zero-order valence-corrected chi connectivity index (χ0v) is 13.5. The molecule has 0 aliphatic heterocycles. The Labute approximate surface area is 145 Å². The van der Waals surface area contributed by atoms with Gasteiger partial charge in [-0.3, -0.25) is 4.79 Å². The summed E-state index contributed by atoms with van der Waals surface area (Å²) in [6, 6.07) is 21.2. The fourth-order valence-electron chi connectivity index (χ4n) is 2.63. The Bertz CT molecular complexity index is 875. The molecule has 3 rings (SSSR count). The van der Waals surface area contributed by atoms with Crippen molar-refractivity contribution < 1.29 is 19.0 Å². The quantitative estimate of drug-likeness (QED) is 0.710. The molecular weight excluding hydrogens is 319 g/mol. The lowest BCUT2D eigenvalue weighted by Crippen LogP contribution is -2.02. The van der Waals surface area contributed by atoms with Crippen molar-refractivity contribution in [2.75, 3.05) is 0 Å². The minimum Gasteiger partial charge on any atom is -0.489 e. The third-order valence-corrected chi connectivity index (χ3v) is 3.81. The van der Waals surface area contributed by atoms with E-state index in [1.807, 2.05) is 48.5 Å².